The zero-order valence-electron chi connectivity index (χ0n) is 8.98. The Morgan fingerprint density at radius 3 is 2.28 bits per heavy atom. The molecule has 18 heavy (non-hydrogen) atoms. The first-order valence-corrected chi connectivity index (χ1v) is 7.28. The second-order valence-corrected chi connectivity index (χ2v) is 6.19. The molecule has 0 heterocycles. The monoisotopic (exact) mass is 408 g/mol. The summed E-state index contributed by atoms with van der Waals surface area (Å²) in [4.78, 5) is 0. The van der Waals surface area contributed by atoms with E-state index in [1.165, 1.54) is 0 Å². The van der Waals surface area contributed by atoms with Gasteiger partial charge in [-0.2, -0.15) is 0 Å². The van der Waals surface area contributed by atoms with E-state index in [-0.39, 0.29) is 0 Å². The zero-order chi connectivity index (χ0) is 13.3. The maximum Gasteiger partial charge on any atom is 0.0634 e. The van der Waals surface area contributed by atoms with Gasteiger partial charge in [-0.25, -0.2) is 0 Å². The van der Waals surface area contributed by atoms with Crippen molar-refractivity contribution in [1.82, 2.24) is 0 Å². The minimum atomic E-state index is 0.439. The fourth-order valence-corrected chi connectivity index (χ4v) is 2.89. The van der Waals surface area contributed by atoms with E-state index in [1.807, 2.05) is 18.2 Å². The topological polar surface area (TPSA) is 38.0 Å². The summed E-state index contributed by atoms with van der Waals surface area (Å²) >= 11 is 18.7. The van der Waals surface area contributed by atoms with Crippen molar-refractivity contribution < 1.29 is 0 Å². The molecule has 0 saturated carbocycles. The van der Waals surface area contributed by atoms with Gasteiger partial charge in [-0.3, -0.25) is 0 Å². The first-order chi connectivity index (χ1) is 8.47. The highest BCUT2D eigenvalue weighted by atomic mass is 79.9. The number of nitrogens with one attached hydrogen (secondary N) is 1. The molecule has 2 aromatic rings. The minimum absolute atomic E-state index is 0.439. The van der Waals surface area contributed by atoms with Crippen LogP contribution in [0.15, 0.2) is 39.3 Å². The molecule has 0 radical (unpaired) electrons. The fourth-order valence-electron chi connectivity index (χ4n) is 1.41. The van der Waals surface area contributed by atoms with Crippen LogP contribution in [-0.2, 0) is 0 Å². The molecule has 0 spiro atoms. The van der Waals surface area contributed by atoms with Crippen molar-refractivity contribution in [2.24, 2.45) is 0 Å². The lowest BCUT2D eigenvalue weighted by Gasteiger charge is -2.12. The maximum absolute atomic E-state index is 5.97. The maximum atomic E-state index is 5.97. The van der Waals surface area contributed by atoms with Crippen molar-refractivity contribution in [1.29, 1.82) is 0 Å². The van der Waals surface area contributed by atoms with E-state index in [4.69, 9.17) is 28.9 Å². The van der Waals surface area contributed by atoms with Gasteiger partial charge in [0.05, 0.1) is 27.1 Å². The van der Waals surface area contributed by atoms with Gasteiger partial charge >= 0.3 is 0 Å². The van der Waals surface area contributed by atoms with Gasteiger partial charge in [0.15, 0.2) is 0 Å². The second-order valence-electron chi connectivity index (χ2n) is 3.60. The number of rotatable bonds is 2. The molecule has 0 aliphatic carbocycles. The van der Waals surface area contributed by atoms with Gasteiger partial charge in [0.1, 0.15) is 0 Å². The quantitative estimate of drug-likeness (QED) is 0.610. The number of hydrogen-bond acceptors (Lipinski definition) is 2. The van der Waals surface area contributed by atoms with E-state index in [0.717, 1.165) is 14.6 Å². The smallest absolute Gasteiger partial charge is 0.0634 e. The highest BCUT2D eigenvalue weighted by Gasteiger charge is 2.07. The molecule has 0 aromatic heterocycles. The molecule has 0 atom stereocenters. The number of nitrogens with two attached hydrogens (primary N) is 1. The van der Waals surface area contributed by atoms with E-state index in [1.54, 1.807) is 12.1 Å². The molecule has 2 nitrogen and oxygen atoms in total. The Morgan fingerprint density at radius 1 is 0.944 bits per heavy atom. The number of hydrogen-bond donors (Lipinski definition) is 2. The van der Waals surface area contributed by atoms with Crippen molar-refractivity contribution >= 4 is 72.1 Å². The van der Waals surface area contributed by atoms with Gasteiger partial charge in [-0.1, -0.05) is 39.1 Å². The normalized spacial score (nSPS) is 10.4. The number of halogens is 4. The molecular weight excluding hydrogens is 403 g/mol. The molecule has 2 aromatic carbocycles. The average molecular weight is 411 g/mol. The fraction of sp³-hybridized carbons (Fsp3) is 0. The first-order valence-electron chi connectivity index (χ1n) is 4.94. The third-order valence-corrected chi connectivity index (χ3v) is 4.16. The van der Waals surface area contributed by atoms with Crippen LogP contribution in [0.1, 0.15) is 0 Å². The number of anilines is 3. The number of benzene rings is 2. The Bertz CT molecular complexity index is 603. The molecule has 0 unspecified atom stereocenters. The summed E-state index contributed by atoms with van der Waals surface area (Å²) in [6.07, 6.45) is 0. The van der Waals surface area contributed by atoms with Crippen molar-refractivity contribution in [3.63, 3.8) is 0 Å². The van der Waals surface area contributed by atoms with E-state index in [9.17, 15) is 0 Å². The molecule has 94 valence electrons. The summed E-state index contributed by atoms with van der Waals surface area (Å²) in [5.41, 5.74) is 8.04. The Hall–Kier alpha value is -0.420. The minimum Gasteiger partial charge on any atom is -0.397 e. The largest absolute Gasteiger partial charge is 0.397 e. The van der Waals surface area contributed by atoms with Crippen molar-refractivity contribution in [3.05, 3.63) is 49.3 Å². The lowest BCUT2D eigenvalue weighted by molar-refractivity contribution is 1.51. The summed E-state index contributed by atoms with van der Waals surface area (Å²) in [6, 6.07) is 9.12. The average Bonchev–Trinajstić information content (AvgIpc) is 2.29. The van der Waals surface area contributed by atoms with Crippen LogP contribution < -0.4 is 11.1 Å². The third kappa shape index (κ3) is 3.12. The highest BCUT2D eigenvalue weighted by Crippen LogP contribution is 2.35. The van der Waals surface area contributed by atoms with Crippen LogP contribution in [0.25, 0.3) is 0 Å². The Morgan fingerprint density at radius 2 is 1.61 bits per heavy atom. The van der Waals surface area contributed by atoms with Crippen LogP contribution in [0.5, 0.6) is 0 Å². The summed E-state index contributed by atoms with van der Waals surface area (Å²) in [5, 5.41) is 4.10. The van der Waals surface area contributed by atoms with Crippen molar-refractivity contribution in [2.75, 3.05) is 11.1 Å². The highest BCUT2D eigenvalue weighted by molar-refractivity contribution is 9.11. The third-order valence-electron chi connectivity index (χ3n) is 2.29. The Balaban J connectivity index is 2.37. The molecular formula is C12H8Br2Cl2N2. The lowest BCUT2D eigenvalue weighted by Crippen LogP contribution is -1.97. The zero-order valence-corrected chi connectivity index (χ0v) is 13.7. The summed E-state index contributed by atoms with van der Waals surface area (Å²) in [5.74, 6) is 0. The Kier molecular flexibility index (Phi) is 4.43. The lowest BCUT2D eigenvalue weighted by atomic mass is 10.2. The summed E-state index contributed by atoms with van der Waals surface area (Å²) < 4.78 is 1.91. The molecule has 3 N–H and O–H groups in total. The van der Waals surface area contributed by atoms with E-state index in [0.29, 0.717) is 21.4 Å². The van der Waals surface area contributed by atoms with Crippen LogP contribution in [-0.4, -0.2) is 0 Å². The van der Waals surface area contributed by atoms with Gasteiger partial charge in [-0.05, 0) is 46.3 Å². The SMILES string of the molecule is Nc1cc(Cl)c(Cl)cc1Nc1ccc(Br)cc1Br. The van der Waals surface area contributed by atoms with Crippen LogP contribution in [0.3, 0.4) is 0 Å². The van der Waals surface area contributed by atoms with Gasteiger partial charge in [0, 0.05) is 8.95 Å². The van der Waals surface area contributed by atoms with Crippen LogP contribution in [0.2, 0.25) is 10.0 Å². The van der Waals surface area contributed by atoms with Crippen molar-refractivity contribution in [3.8, 4) is 0 Å². The first kappa shape index (κ1) is 14.0. The van der Waals surface area contributed by atoms with Crippen molar-refractivity contribution in [2.45, 2.75) is 0 Å². The van der Waals surface area contributed by atoms with Crippen LogP contribution >= 0.6 is 55.1 Å². The summed E-state index contributed by atoms with van der Waals surface area (Å²) in [6.45, 7) is 0. The van der Waals surface area contributed by atoms with E-state index >= 15 is 0 Å². The van der Waals surface area contributed by atoms with Gasteiger partial charge < -0.3 is 11.1 Å². The molecule has 0 aliphatic heterocycles. The summed E-state index contributed by atoms with van der Waals surface area (Å²) in [7, 11) is 0. The molecule has 0 amide bonds. The molecule has 0 saturated heterocycles. The Labute approximate surface area is 132 Å². The van der Waals surface area contributed by atoms with Gasteiger partial charge in [0.25, 0.3) is 0 Å². The van der Waals surface area contributed by atoms with Gasteiger partial charge in [-0.15, -0.1) is 0 Å². The predicted molar refractivity (Wildman–Crippen MR) is 86.0 cm³/mol. The van der Waals surface area contributed by atoms with E-state index in [2.05, 4.69) is 37.2 Å². The molecule has 6 heteroatoms. The van der Waals surface area contributed by atoms with Gasteiger partial charge in [0.2, 0.25) is 0 Å². The van der Waals surface area contributed by atoms with Crippen LogP contribution in [0, 0.1) is 0 Å². The van der Waals surface area contributed by atoms with E-state index < -0.39 is 0 Å². The second kappa shape index (κ2) is 5.70. The molecule has 2 rings (SSSR count). The molecule has 0 fully saturated rings. The predicted octanol–water partition coefficient (Wildman–Crippen LogP) is 5.84. The molecule has 0 bridgehead atoms. The molecule has 0 aliphatic rings. The standard InChI is InChI=1S/C12H8Br2Cl2N2/c13-6-1-2-11(7(14)3-6)18-12-5-9(16)8(15)4-10(12)17/h1-5,18H,17H2. The number of nitrogen functional groups attached to an aromatic ring is 1. The van der Waals surface area contributed by atoms with Crippen LogP contribution in [0.4, 0.5) is 17.1 Å².